The number of hydrogen-bond acceptors (Lipinski definition) is 3. The molecule has 1 aliphatic rings. The molecular weight excluding hydrogens is 322 g/mol. The molecule has 0 spiro atoms. The molecule has 0 aliphatic carbocycles. The van der Waals surface area contributed by atoms with E-state index in [0.29, 0.717) is 0 Å². The molecule has 7 nitrogen and oxygen atoms in total. The maximum Gasteiger partial charge on any atom is 0.348 e. The Morgan fingerprint density at radius 3 is 2.35 bits per heavy atom. The zero-order valence-corrected chi connectivity index (χ0v) is 12.8. The fraction of sp³-hybridized carbons (Fsp3) is 0.267. The van der Waals surface area contributed by atoms with Crippen LogP contribution in [0.15, 0.2) is 52.1 Å². The quantitative estimate of drug-likeness (QED) is 0.662. The minimum Gasteiger partial charge on any atom is -0.479 e. The largest absolute Gasteiger partial charge is 0.479 e. The molecule has 1 aromatic carbocycles. The minimum atomic E-state index is -1.22. The Kier molecular flexibility index (Phi) is 3.96. The molecule has 0 saturated heterocycles. The van der Waals surface area contributed by atoms with Gasteiger partial charge < -0.3 is 5.11 Å². The molecule has 1 aliphatic heterocycles. The van der Waals surface area contributed by atoms with Crippen LogP contribution in [0.25, 0.3) is 0 Å². The summed E-state index contributed by atoms with van der Waals surface area (Å²) in [6.45, 7) is 0.0278. The van der Waals surface area contributed by atoms with Gasteiger partial charge in [-0.15, -0.1) is 11.6 Å². The molecule has 2 aromatic rings. The second-order valence-corrected chi connectivity index (χ2v) is 5.50. The SMILES string of the molecule is O=C(O)[C@@H]1C=C[C@@H](c2ccccc2)n2c(=O)n(CCCl)c(=O)n21. The van der Waals surface area contributed by atoms with Gasteiger partial charge >= 0.3 is 17.3 Å². The van der Waals surface area contributed by atoms with E-state index in [1.54, 1.807) is 6.08 Å². The summed E-state index contributed by atoms with van der Waals surface area (Å²) in [5.41, 5.74) is -0.458. The minimum absolute atomic E-state index is 0.0278. The average Bonchev–Trinajstić information content (AvgIpc) is 2.81. The summed E-state index contributed by atoms with van der Waals surface area (Å²) in [6, 6.07) is 7.35. The third kappa shape index (κ3) is 2.43. The van der Waals surface area contributed by atoms with E-state index in [2.05, 4.69) is 0 Å². The molecule has 0 radical (unpaired) electrons. The van der Waals surface area contributed by atoms with Gasteiger partial charge in [0.25, 0.3) is 0 Å². The van der Waals surface area contributed by atoms with E-state index in [0.717, 1.165) is 14.8 Å². The van der Waals surface area contributed by atoms with Crippen LogP contribution in [0.1, 0.15) is 17.6 Å². The van der Waals surface area contributed by atoms with Crippen LogP contribution in [0.3, 0.4) is 0 Å². The Morgan fingerprint density at radius 1 is 1.09 bits per heavy atom. The van der Waals surface area contributed by atoms with Gasteiger partial charge in [-0.25, -0.2) is 28.3 Å². The Morgan fingerprint density at radius 2 is 1.74 bits per heavy atom. The molecule has 23 heavy (non-hydrogen) atoms. The van der Waals surface area contributed by atoms with Crippen molar-refractivity contribution in [3.8, 4) is 0 Å². The summed E-state index contributed by atoms with van der Waals surface area (Å²) >= 11 is 5.65. The molecule has 0 amide bonds. The van der Waals surface area contributed by atoms with Crippen molar-refractivity contribution in [3.63, 3.8) is 0 Å². The van der Waals surface area contributed by atoms with Gasteiger partial charge in [0.2, 0.25) is 0 Å². The molecule has 0 fully saturated rings. The highest BCUT2D eigenvalue weighted by Crippen LogP contribution is 2.24. The second-order valence-electron chi connectivity index (χ2n) is 5.12. The Balaban J connectivity index is 2.27. The first-order chi connectivity index (χ1) is 11.1. The molecule has 2 atom stereocenters. The van der Waals surface area contributed by atoms with Crippen LogP contribution in [0, 0.1) is 0 Å². The van der Waals surface area contributed by atoms with Crippen molar-refractivity contribution in [1.82, 2.24) is 13.9 Å². The fourth-order valence-electron chi connectivity index (χ4n) is 2.76. The smallest absolute Gasteiger partial charge is 0.348 e. The van der Waals surface area contributed by atoms with Crippen LogP contribution in [0.4, 0.5) is 0 Å². The number of nitrogens with zero attached hydrogens (tertiary/aromatic N) is 3. The molecule has 120 valence electrons. The van der Waals surface area contributed by atoms with Gasteiger partial charge in [-0.2, -0.15) is 0 Å². The van der Waals surface area contributed by atoms with E-state index >= 15 is 0 Å². The lowest BCUT2D eigenvalue weighted by Gasteiger charge is -2.24. The topological polar surface area (TPSA) is 86.2 Å². The number of aliphatic carboxylic acids is 1. The van der Waals surface area contributed by atoms with Gasteiger partial charge in [0.15, 0.2) is 6.04 Å². The maximum atomic E-state index is 12.6. The Hall–Kier alpha value is -2.54. The van der Waals surface area contributed by atoms with E-state index in [-0.39, 0.29) is 12.4 Å². The first-order valence-electron chi connectivity index (χ1n) is 7.02. The predicted molar refractivity (Wildman–Crippen MR) is 84.1 cm³/mol. The Bertz CT molecular complexity index is 878. The van der Waals surface area contributed by atoms with Crippen molar-refractivity contribution >= 4 is 17.6 Å². The second kappa shape index (κ2) is 5.92. The predicted octanol–water partition coefficient (Wildman–Crippen LogP) is 0.835. The van der Waals surface area contributed by atoms with E-state index in [1.165, 1.54) is 10.8 Å². The lowest BCUT2D eigenvalue weighted by Crippen LogP contribution is -2.38. The molecule has 0 bridgehead atoms. The molecule has 0 saturated carbocycles. The number of hydrogen-bond donors (Lipinski definition) is 1. The van der Waals surface area contributed by atoms with Crippen LogP contribution in [0.2, 0.25) is 0 Å². The first kappa shape index (κ1) is 15.4. The van der Waals surface area contributed by atoms with Crippen LogP contribution in [-0.2, 0) is 11.3 Å². The van der Waals surface area contributed by atoms with E-state index in [9.17, 15) is 19.5 Å². The van der Waals surface area contributed by atoms with Gasteiger partial charge in [0.05, 0.1) is 6.04 Å². The molecule has 1 aromatic heterocycles. The average molecular weight is 336 g/mol. The number of fused-ring (bicyclic) bond motifs is 1. The molecule has 8 heteroatoms. The lowest BCUT2D eigenvalue weighted by molar-refractivity contribution is -0.140. The van der Waals surface area contributed by atoms with Crippen molar-refractivity contribution in [3.05, 3.63) is 69.0 Å². The Labute approximate surface area is 135 Å². The van der Waals surface area contributed by atoms with Crippen molar-refractivity contribution < 1.29 is 9.90 Å². The van der Waals surface area contributed by atoms with E-state index in [4.69, 9.17) is 11.6 Å². The number of carboxylic acid groups (broad SMARTS) is 1. The summed E-state index contributed by atoms with van der Waals surface area (Å²) in [5, 5.41) is 9.33. The fourth-order valence-corrected chi connectivity index (χ4v) is 2.93. The standard InChI is InChI=1S/C15H14ClN3O4/c16-8-9-17-14(22)18-11(10-4-2-1-3-5-10)6-7-12(13(20)21)19(18)15(17)23/h1-7,11-12H,8-9H2,(H,20,21)/t11-,12-/m0/s1. The number of benzene rings is 1. The van der Waals surface area contributed by atoms with Crippen molar-refractivity contribution in [2.75, 3.05) is 5.88 Å². The zero-order chi connectivity index (χ0) is 16.6. The summed E-state index contributed by atoms with van der Waals surface area (Å²) in [6.07, 6.45) is 3.05. The maximum absolute atomic E-state index is 12.6. The summed E-state index contributed by atoms with van der Waals surface area (Å²) in [4.78, 5) is 36.5. The number of alkyl halides is 1. The van der Waals surface area contributed by atoms with Gasteiger partial charge in [0.1, 0.15) is 0 Å². The van der Waals surface area contributed by atoms with Crippen LogP contribution >= 0.6 is 11.6 Å². The summed E-state index contributed by atoms with van der Waals surface area (Å²) < 4.78 is 3.13. The van der Waals surface area contributed by atoms with Crippen LogP contribution in [0.5, 0.6) is 0 Å². The van der Waals surface area contributed by atoms with Gasteiger partial charge in [-0.3, -0.25) is 0 Å². The monoisotopic (exact) mass is 335 g/mol. The normalized spacial score (nSPS) is 19.5. The highest BCUT2D eigenvalue weighted by molar-refractivity contribution is 6.17. The first-order valence-corrected chi connectivity index (χ1v) is 7.55. The molecule has 2 heterocycles. The lowest BCUT2D eigenvalue weighted by atomic mass is 10.0. The van der Waals surface area contributed by atoms with Crippen molar-refractivity contribution in [2.24, 2.45) is 0 Å². The van der Waals surface area contributed by atoms with Gasteiger partial charge in [0, 0.05) is 12.4 Å². The number of allylic oxidation sites excluding steroid dienone is 1. The van der Waals surface area contributed by atoms with Crippen LogP contribution < -0.4 is 11.4 Å². The third-order valence-corrected chi connectivity index (χ3v) is 3.96. The van der Waals surface area contributed by atoms with E-state index in [1.807, 2.05) is 30.3 Å². The van der Waals surface area contributed by atoms with E-state index < -0.39 is 29.4 Å². The van der Waals surface area contributed by atoms with Crippen molar-refractivity contribution in [1.29, 1.82) is 0 Å². The number of aromatic nitrogens is 3. The molecule has 0 unspecified atom stereocenters. The number of halogens is 1. The molecule has 1 N–H and O–H groups in total. The number of rotatable bonds is 4. The highest BCUT2D eigenvalue weighted by Gasteiger charge is 2.32. The van der Waals surface area contributed by atoms with Gasteiger partial charge in [-0.1, -0.05) is 42.5 Å². The highest BCUT2D eigenvalue weighted by atomic mass is 35.5. The van der Waals surface area contributed by atoms with Crippen LogP contribution in [-0.4, -0.2) is 30.9 Å². The molecule has 3 rings (SSSR count). The molecular formula is C15H14ClN3O4. The van der Waals surface area contributed by atoms with Crippen molar-refractivity contribution in [2.45, 2.75) is 18.6 Å². The third-order valence-electron chi connectivity index (χ3n) is 3.79. The number of carbonyl (C=O) groups is 1. The number of carboxylic acids is 1. The summed E-state index contributed by atoms with van der Waals surface area (Å²) in [7, 11) is 0. The van der Waals surface area contributed by atoms with Gasteiger partial charge in [-0.05, 0) is 5.56 Å². The zero-order valence-electron chi connectivity index (χ0n) is 12.0. The summed E-state index contributed by atoms with van der Waals surface area (Å²) in [5.74, 6) is -1.12.